The molecule has 5 nitrogen and oxygen atoms in total. The van der Waals surface area contributed by atoms with Crippen LogP contribution in [-0.4, -0.2) is 11.8 Å². The lowest BCUT2D eigenvalue weighted by Crippen LogP contribution is -2.02. The van der Waals surface area contributed by atoms with Crippen molar-refractivity contribution in [2.75, 3.05) is 12.5 Å². The molecule has 2 N–H and O–H groups in total. The summed E-state index contributed by atoms with van der Waals surface area (Å²) in [5.41, 5.74) is 8.41. The highest BCUT2D eigenvalue weighted by Crippen LogP contribution is 2.33. The van der Waals surface area contributed by atoms with Gasteiger partial charge in [-0.3, -0.25) is 0 Å². The van der Waals surface area contributed by atoms with Crippen LogP contribution in [0.4, 0.5) is 5.69 Å². The molecule has 1 aromatic heterocycles. The van der Waals surface area contributed by atoms with Crippen molar-refractivity contribution >= 4 is 5.69 Å². The molecule has 0 radical (unpaired) electrons. The molecule has 1 aliphatic heterocycles. The highest BCUT2D eigenvalue weighted by molar-refractivity contribution is 5.53. The highest BCUT2D eigenvalue weighted by atomic mass is 16.7. The number of rotatable bonds is 3. The van der Waals surface area contributed by atoms with E-state index in [1.807, 2.05) is 31.2 Å². The van der Waals surface area contributed by atoms with Gasteiger partial charge in [-0.2, -0.15) is 0 Å². The summed E-state index contributed by atoms with van der Waals surface area (Å²) in [5, 5.41) is 0. The molecule has 2 aromatic rings. The third-order valence-electron chi connectivity index (χ3n) is 2.98. The summed E-state index contributed by atoms with van der Waals surface area (Å²) in [5.74, 6) is 1.96. The fraction of sp³-hybridized carbons (Fsp3) is 0.214. The van der Waals surface area contributed by atoms with Crippen LogP contribution in [-0.2, 0) is 6.61 Å². The first-order valence-corrected chi connectivity index (χ1v) is 5.96. The molecule has 2 heterocycles. The van der Waals surface area contributed by atoms with Crippen molar-refractivity contribution in [1.29, 1.82) is 0 Å². The SMILES string of the molecule is Cc1ccnc(OCc2ccc3c(c2)OCO3)c1N. The molecule has 19 heavy (non-hydrogen) atoms. The summed E-state index contributed by atoms with van der Waals surface area (Å²) in [6.45, 7) is 2.58. The number of hydrogen-bond donors (Lipinski definition) is 1. The molecule has 0 spiro atoms. The van der Waals surface area contributed by atoms with Crippen LogP contribution in [0.25, 0.3) is 0 Å². The van der Waals surface area contributed by atoms with Gasteiger partial charge in [0.1, 0.15) is 6.61 Å². The maximum Gasteiger partial charge on any atom is 0.237 e. The van der Waals surface area contributed by atoms with Crippen LogP contribution in [0.1, 0.15) is 11.1 Å². The molecule has 0 bridgehead atoms. The molecular weight excluding hydrogens is 244 g/mol. The van der Waals surface area contributed by atoms with Gasteiger partial charge in [0.05, 0.1) is 5.69 Å². The molecule has 0 amide bonds. The number of aromatic nitrogens is 1. The molecule has 0 aliphatic carbocycles. The van der Waals surface area contributed by atoms with E-state index in [0.717, 1.165) is 22.6 Å². The fourth-order valence-electron chi connectivity index (χ4n) is 1.84. The fourth-order valence-corrected chi connectivity index (χ4v) is 1.84. The Bertz CT molecular complexity index is 614. The Morgan fingerprint density at radius 1 is 1.26 bits per heavy atom. The summed E-state index contributed by atoms with van der Waals surface area (Å²) in [6, 6.07) is 7.55. The zero-order valence-corrected chi connectivity index (χ0v) is 10.6. The Kier molecular flexibility index (Phi) is 2.87. The van der Waals surface area contributed by atoms with E-state index < -0.39 is 0 Å². The van der Waals surface area contributed by atoms with Crippen molar-refractivity contribution in [2.24, 2.45) is 0 Å². The molecule has 98 valence electrons. The molecule has 3 rings (SSSR count). The van der Waals surface area contributed by atoms with Crippen molar-refractivity contribution in [3.63, 3.8) is 0 Å². The van der Waals surface area contributed by atoms with Gasteiger partial charge >= 0.3 is 0 Å². The van der Waals surface area contributed by atoms with Gasteiger partial charge in [0.25, 0.3) is 0 Å². The quantitative estimate of drug-likeness (QED) is 0.914. The summed E-state index contributed by atoms with van der Waals surface area (Å²) >= 11 is 0. The summed E-state index contributed by atoms with van der Waals surface area (Å²) in [4.78, 5) is 4.12. The van der Waals surface area contributed by atoms with Gasteiger partial charge in [-0.1, -0.05) is 6.07 Å². The predicted octanol–water partition coefficient (Wildman–Crippen LogP) is 2.28. The zero-order chi connectivity index (χ0) is 13.2. The van der Waals surface area contributed by atoms with Crippen LogP contribution in [0.2, 0.25) is 0 Å². The van der Waals surface area contributed by atoms with Crippen LogP contribution >= 0.6 is 0 Å². The van der Waals surface area contributed by atoms with Crippen LogP contribution in [0, 0.1) is 6.92 Å². The van der Waals surface area contributed by atoms with Crippen LogP contribution in [0.15, 0.2) is 30.5 Å². The summed E-state index contributed by atoms with van der Waals surface area (Å²) in [6.07, 6.45) is 1.68. The number of aryl methyl sites for hydroxylation is 1. The number of fused-ring (bicyclic) bond motifs is 1. The van der Waals surface area contributed by atoms with Crippen LogP contribution < -0.4 is 19.9 Å². The number of anilines is 1. The van der Waals surface area contributed by atoms with E-state index >= 15 is 0 Å². The van der Waals surface area contributed by atoms with Crippen LogP contribution in [0.3, 0.4) is 0 Å². The second kappa shape index (κ2) is 4.68. The number of nitrogen functional groups attached to an aromatic ring is 1. The predicted molar refractivity (Wildman–Crippen MR) is 70.3 cm³/mol. The molecular formula is C14H14N2O3. The Morgan fingerprint density at radius 2 is 2.11 bits per heavy atom. The largest absolute Gasteiger partial charge is 0.471 e. The van der Waals surface area contributed by atoms with Crippen molar-refractivity contribution in [3.8, 4) is 17.4 Å². The Labute approximate surface area is 110 Å². The van der Waals surface area contributed by atoms with E-state index in [1.54, 1.807) is 6.20 Å². The molecule has 0 saturated carbocycles. The first kappa shape index (κ1) is 11.6. The monoisotopic (exact) mass is 258 g/mol. The number of pyridine rings is 1. The average Bonchev–Trinajstić information content (AvgIpc) is 2.88. The summed E-state index contributed by atoms with van der Waals surface area (Å²) in [7, 11) is 0. The zero-order valence-electron chi connectivity index (χ0n) is 10.6. The van der Waals surface area contributed by atoms with Gasteiger partial charge < -0.3 is 19.9 Å². The normalized spacial score (nSPS) is 12.5. The van der Waals surface area contributed by atoms with E-state index in [1.165, 1.54) is 0 Å². The number of nitrogens with zero attached hydrogens (tertiary/aromatic N) is 1. The smallest absolute Gasteiger partial charge is 0.237 e. The first-order valence-electron chi connectivity index (χ1n) is 5.96. The van der Waals surface area contributed by atoms with E-state index in [-0.39, 0.29) is 6.79 Å². The van der Waals surface area contributed by atoms with Gasteiger partial charge in [-0.05, 0) is 36.2 Å². The topological polar surface area (TPSA) is 66.6 Å². The lowest BCUT2D eigenvalue weighted by atomic mass is 10.2. The lowest BCUT2D eigenvalue weighted by Gasteiger charge is -2.09. The minimum atomic E-state index is 0.270. The highest BCUT2D eigenvalue weighted by Gasteiger charge is 2.13. The van der Waals surface area contributed by atoms with Gasteiger partial charge in [-0.15, -0.1) is 0 Å². The second-order valence-corrected chi connectivity index (χ2v) is 4.32. The number of hydrogen-bond acceptors (Lipinski definition) is 5. The second-order valence-electron chi connectivity index (χ2n) is 4.32. The van der Waals surface area contributed by atoms with E-state index in [4.69, 9.17) is 19.9 Å². The molecule has 0 saturated heterocycles. The third kappa shape index (κ3) is 2.27. The van der Waals surface area contributed by atoms with E-state index in [9.17, 15) is 0 Å². The van der Waals surface area contributed by atoms with Gasteiger partial charge in [0.15, 0.2) is 11.5 Å². The minimum Gasteiger partial charge on any atom is -0.471 e. The molecule has 0 atom stereocenters. The molecule has 5 heteroatoms. The van der Waals surface area contributed by atoms with Gasteiger partial charge in [0, 0.05) is 6.20 Å². The molecule has 0 fully saturated rings. The van der Waals surface area contributed by atoms with Crippen molar-refractivity contribution in [1.82, 2.24) is 4.98 Å². The molecule has 1 aromatic carbocycles. The number of nitrogens with two attached hydrogens (primary N) is 1. The maximum absolute atomic E-state index is 5.90. The van der Waals surface area contributed by atoms with Gasteiger partial charge in [-0.25, -0.2) is 4.98 Å². The average molecular weight is 258 g/mol. The third-order valence-corrected chi connectivity index (χ3v) is 2.98. The van der Waals surface area contributed by atoms with Crippen molar-refractivity contribution in [3.05, 3.63) is 41.6 Å². The lowest BCUT2D eigenvalue weighted by molar-refractivity contribution is 0.174. The standard InChI is InChI=1S/C14H14N2O3/c1-9-4-5-16-14(13(9)15)17-7-10-2-3-11-12(6-10)19-8-18-11/h2-6H,7-8,15H2,1H3. The molecule has 1 aliphatic rings. The summed E-state index contributed by atoms with van der Waals surface area (Å²) < 4.78 is 16.2. The number of ether oxygens (including phenoxy) is 3. The van der Waals surface area contributed by atoms with Gasteiger partial charge in [0.2, 0.25) is 12.7 Å². The Hall–Kier alpha value is -2.43. The Morgan fingerprint density at radius 3 is 3.00 bits per heavy atom. The van der Waals surface area contributed by atoms with Crippen LogP contribution in [0.5, 0.6) is 17.4 Å². The first-order chi connectivity index (χ1) is 9.24. The van der Waals surface area contributed by atoms with E-state index in [2.05, 4.69) is 4.98 Å². The minimum absolute atomic E-state index is 0.270. The number of benzene rings is 1. The van der Waals surface area contributed by atoms with Crippen molar-refractivity contribution < 1.29 is 14.2 Å². The maximum atomic E-state index is 5.90. The van der Waals surface area contributed by atoms with E-state index in [0.29, 0.717) is 18.2 Å². The molecule has 0 unspecified atom stereocenters. The van der Waals surface area contributed by atoms with Crippen molar-refractivity contribution in [2.45, 2.75) is 13.5 Å². The Balaban J connectivity index is 1.74.